The Morgan fingerprint density at radius 1 is 0.375 bits per heavy atom. The van der Waals surface area contributed by atoms with Crippen LogP contribution < -0.4 is 0 Å². The molecule has 0 bridgehead atoms. The van der Waals surface area contributed by atoms with Crippen molar-refractivity contribution >= 4 is 54.6 Å². The molecule has 0 fully saturated rings. The van der Waals surface area contributed by atoms with Crippen molar-refractivity contribution in [1.82, 2.24) is 19.9 Å². The minimum atomic E-state index is 0.547. The third-order valence-electron chi connectivity index (χ3n) is 8.93. The molecule has 6 nitrogen and oxygen atoms in total. The number of nitrogens with zero attached hydrogens (tertiary/aromatic N) is 4. The van der Waals surface area contributed by atoms with E-state index in [1.54, 1.807) is 0 Å². The molecule has 0 aliphatic carbocycles. The summed E-state index contributed by atoms with van der Waals surface area (Å²) in [7, 11) is 0. The van der Waals surface area contributed by atoms with Crippen LogP contribution in [0.25, 0.3) is 100 Å². The molecule has 0 aliphatic rings. The number of benzene rings is 7. The molecule has 0 atom stereocenters. The van der Waals surface area contributed by atoms with Gasteiger partial charge in [0.1, 0.15) is 16.7 Å². The Balaban J connectivity index is 1.14. The van der Waals surface area contributed by atoms with E-state index in [4.69, 9.17) is 28.8 Å². The summed E-state index contributed by atoms with van der Waals surface area (Å²) in [5, 5.41) is 6.57. The van der Waals surface area contributed by atoms with Crippen molar-refractivity contribution in [2.45, 2.75) is 0 Å². The molecule has 0 unspecified atom stereocenters. The lowest BCUT2D eigenvalue weighted by atomic mass is 10.0. The number of rotatable bonds is 4. The van der Waals surface area contributed by atoms with Gasteiger partial charge in [0.05, 0.1) is 0 Å². The number of hydrogen-bond acceptors (Lipinski definition) is 6. The second kappa shape index (κ2) is 10.4. The van der Waals surface area contributed by atoms with Crippen LogP contribution >= 0.6 is 0 Å². The third-order valence-corrected chi connectivity index (χ3v) is 8.93. The van der Waals surface area contributed by atoms with Crippen molar-refractivity contribution in [3.05, 3.63) is 146 Å². The number of furan rings is 1. The summed E-state index contributed by atoms with van der Waals surface area (Å²) in [5.74, 6) is 2.28. The van der Waals surface area contributed by atoms with E-state index in [1.165, 1.54) is 5.39 Å². The molecule has 0 saturated carbocycles. The number of fused-ring (bicyclic) bond motifs is 8. The first-order valence-electron chi connectivity index (χ1n) is 15.8. The Kier molecular flexibility index (Phi) is 5.77. The number of oxazole rings is 1. The summed E-state index contributed by atoms with van der Waals surface area (Å²) >= 11 is 0. The van der Waals surface area contributed by atoms with Gasteiger partial charge in [-0.3, -0.25) is 0 Å². The number of hydrogen-bond donors (Lipinski definition) is 0. The Morgan fingerprint density at radius 2 is 1.00 bits per heavy atom. The van der Waals surface area contributed by atoms with Crippen molar-refractivity contribution in [1.29, 1.82) is 0 Å². The van der Waals surface area contributed by atoms with E-state index in [2.05, 4.69) is 54.6 Å². The SMILES string of the molecule is c1ccc(-c2nc(-c3cccc(-c4nc5ccc6ccccc6c5o4)c3)nc(-c3ccc4oc5ccc6ccccc6c5c4c3)n2)cc1. The van der Waals surface area contributed by atoms with Gasteiger partial charge in [-0.05, 0) is 58.6 Å². The highest BCUT2D eigenvalue weighted by atomic mass is 16.3. The van der Waals surface area contributed by atoms with Gasteiger partial charge < -0.3 is 8.83 Å². The average Bonchev–Trinajstić information content (AvgIpc) is 3.77. The van der Waals surface area contributed by atoms with Crippen molar-refractivity contribution in [2.24, 2.45) is 0 Å². The summed E-state index contributed by atoms with van der Waals surface area (Å²) in [6.45, 7) is 0. The predicted molar refractivity (Wildman–Crippen MR) is 191 cm³/mol. The summed E-state index contributed by atoms with van der Waals surface area (Å²) in [4.78, 5) is 19.8. The molecule has 0 amide bonds. The van der Waals surface area contributed by atoms with Crippen LogP contribution in [-0.4, -0.2) is 19.9 Å². The summed E-state index contributed by atoms with van der Waals surface area (Å²) < 4.78 is 12.6. The molecule has 7 aromatic carbocycles. The lowest BCUT2D eigenvalue weighted by Crippen LogP contribution is -2.00. The highest BCUT2D eigenvalue weighted by Gasteiger charge is 2.17. The monoisotopic (exact) mass is 616 g/mol. The van der Waals surface area contributed by atoms with Crippen molar-refractivity contribution in [3.8, 4) is 45.6 Å². The van der Waals surface area contributed by atoms with Crippen LogP contribution in [0.15, 0.2) is 154 Å². The summed E-state index contributed by atoms with van der Waals surface area (Å²) in [6, 6.07) is 48.9. The highest BCUT2D eigenvalue weighted by Crippen LogP contribution is 2.37. The van der Waals surface area contributed by atoms with Gasteiger partial charge in [-0.25, -0.2) is 19.9 Å². The Bertz CT molecular complexity index is 2850. The van der Waals surface area contributed by atoms with Gasteiger partial charge in [0.15, 0.2) is 23.1 Å². The van der Waals surface area contributed by atoms with Crippen molar-refractivity contribution in [3.63, 3.8) is 0 Å². The van der Waals surface area contributed by atoms with Crippen LogP contribution in [0.4, 0.5) is 0 Å². The van der Waals surface area contributed by atoms with E-state index >= 15 is 0 Å². The molecule has 10 rings (SSSR count). The second-order valence-corrected chi connectivity index (χ2v) is 11.9. The van der Waals surface area contributed by atoms with Crippen molar-refractivity contribution in [2.75, 3.05) is 0 Å². The fraction of sp³-hybridized carbons (Fsp3) is 0. The zero-order valence-corrected chi connectivity index (χ0v) is 25.5. The maximum atomic E-state index is 6.37. The molecule has 10 aromatic rings. The van der Waals surface area contributed by atoms with Gasteiger partial charge in [-0.2, -0.15) is 0 Å². The van der Waals surface area contributed by atoms with Gasteiger partial charge in [0, 0.05) is 38.4 Å². The van der Waals surface area contributed by atoms with Gasteiger partial charge in [-0.1, -0.05) is 103 Å². The molecular formula is C42H24N4O2. The van der Waals surface area contributed by atoms with E-state index in [-0.39, 0.29) is 0 Å². The molecule has 0 spiro atoms. The maximum Gasteiger partial charge on any atom is 0.227 e. The van der Waals surface area contributed by atoms with Crippen LogP contribution in [0.3, 0.4) is 0 Å². The Labute approximate surface area is 274 Å². The molecule has 6 heteroatoms. The summed E-state index contributed by atoms with van der Waals surface area (Å²) in [6.07, 6.45) is 0. The highest BCUT2D eigenvalue weighted by molar-refractivity contribution is 6.19. The van der Waals surface area contributed by atoms with Gasteiger partial charge >= 0.3 is 0 Å². The topological polar surface area (TPSA) is 77.8 Å². The molecule has 0 aliphatic heterocycles. The molecule has 0 saturated heterocycles. The minimum absolute atomic E-state index is 0.547. The number of aromatic nitrogens is 4. The van der Waals surface area contributed by atoms with Gasteiger partial charge in [0.25, 0.3) is 0 Å². The third kappa shape index (κ3) is 4.27. The molecule has 3 aromatic heterocycles. The first-order chi connectivity index (χ1) is 23.7. The Morgan fingerprint density at radius 3 is 1.83 bits per heavy atom. The lowest BCUT2D eigenvalue weighted by molar-refractivity contribution is 0.623. The molecule has 3 heterocycles. The zero-order chi connectivity index (χ0) is 31.6. The van der Waals surface area contributed by atoms with Crippen LogP contribution in [0.1, 0.15) is 0 Å². The van der Waals surface area contributed by atoms with Gasteiger partial charge in [-0.15, -0.1) is 0 Å². The van der Waals surface area contributed by atoms with Crippen LogP contribution in [-0.2, 0) is 0 Å². The lowest BCUT2D eigenvalue weighted by Gasteiger charge is -2.09. The van der Waals surface area contributed by atoms with Crippen LogP contribution in [0, 0.1) is 0 Å². The fourth-order valence-electron chi connectivity index (χ4n) is 6.61. The Hall–Kier alpha value is -6.66. The maximum absolute atomic E-state index is 6.37. The second-order valence-electron chi connectivity index (χ2n) is 11.9. The molecule has 224 valence electrons. The zero-order valence-electron chi connectivity index (χ0n) is 25.5. The van der Waals surface area contributed by atoms with Crippen LogP contribution in [0.2, 0.25) is 0 Å². The molecule has 0 N–H and O–H groups in total. The standard InChI is InChI=1S/C42H24N4O2/c1-2-11-27(12-3-1)39-44-40(28-13-8-14-30(23-28)42-43-34-20-17-26-10-5-7-16-32(26)38(34)48-42)46-41(45-39)29-19-21-35-33(24-29)37-31-15-6-4-9-25(31)18-22-36(37)47-35/h1-24H. The summed E-state index contributed by atoms with van der Waals surface area (Å²) in [5.41, 5.74) is 6.73. The smallest absolute Gasteiger partial charge is 0.227 e. The molecule has 48 heavy (non-hydrogen) atoms. The van der Waals surface area contributed by atoms with Crippen molar-refractivity contribution < 1.29 is 8.83 Å². The van der Waals surface area contributed by atoms with E-state index in [0.717, 1.165) is 71.5 Å². The quantitative estimate of drug-likeness (QED) is 0.196. The largest absolute Gasteiger partial charge is 0.456 e. The average molecular weight is 617 g/mol. The van der Waals surface area contributed by atoms with E-state index < -0.39 is 0 Å². The minimum Gasteiger partial charge on any atom is -0.456 e. The normalized spacial score (nSPS) is 11.8. The van der Waals surface area contributed by atoms with Crippen LogP contribution in [0.5, 0.6) is 0 Å². The fourth-order valence-corrected chi connectivity index (χ4v) is 6.61. The molecular weight excluding hydrogens is 592 g/mol. The first-order valence-corrected chi connectivity index (χ1v) is 15.8. The molecule has 0 radical (unpaired) electrons. The first kappa shape index (κ1) is 26.5. The van der Waals surface area contributed by atoms with E-state index in [9.17, 15) is 0 Å². The van der Waals surface area contributed by atoms with Gasteiger partial charge in [0.2, 0.25) is 5.89 Å². The van der Waals surface area contributed by atoms with E-state index in [1.807, 2.05) is 91.0 Å². The van der Waals surface area contributed by atoms with E-state index in [0.29, 0.717) is 23.4 Å². The predicted octanol–water partition coefficient (Wildman–Crippen LogP) is 10.9.